The average Bonchev–Trinajstić information content (AvgIpc) is 2.28. The van der Waals surface area contributed by atoms with E-state index in [1.54, 1.807) is 0 Å². The van der Waals surface area contributed by atoms with Gasteiger partial charge in [-0.15, -0.1) is 0 Å². The van der Waals surface area contributed by atoms with Crippen molar-refractivity contribution in [1.82, 2.24) is 9.80 Å². The minimum absolute atomic E-state index is 0.267. The van der Waals surface area contributed by atoms with Crippen molar-refractivity contribution in [3.63, 3.8) is 0 Å². The molecule has 0 aromatic rings. The third-order valence-corrected chi connectivity index (χ3v) is 3.11. The van der Waals surface area contributed by atoms with Crippen LogP contribution in [-0.4, -0.2) is 48.9 Å². The molecular weight excluding hydrogens is 212 g/mol. The Kier molecular flexibility index (Phi) is 9.14. The van der Waals surface area contributed by atoms with Crippen molar-refractivity contribution in [3.05, 3.63) is 0 Å². The molecule has 102 valence electrons. The molecule has 0 fully saturated rings. The molecule has 0 unspecified atom stereocenters. The van der Waals surface area contributed by atoms with Gasteiger partial charge in [0.25, 0.3) is 0 Å². The van der Waals surface area contributed by atoms with Crippen LogP contribution in [-0.2, 0) is 4.79 Å². The Morgan fingerprint density at radius 1 is 1.12 bits per heavy atom. The van der Waals surface area contributed by atoms with E-state index in [1.807, 2.05) is 18.7 Å². The normalized spacial score (nSPS) is 11.2. The first-order valence-electron chi connectivity index (χ1n) is 6.97. The first-order valence-corrected chi connectivity index (χ1v) is 6.97. The Morgan fingerprint density at radius 3 is 2.24 bits per heavy atom. The van der Waals surface area contributed by atoms with Crippen molar-refractivity contribution in [2.75, 3.05) is 33.2 Å². The number of carbonyl (C=O) groups excluding carboxylic acids is 1. The Labute approximate surface area is 107 Å². The largest absolute Gasteiger partial charge is 0.342 e. The lowest BCUT2D eigenvalue weighted by Crippen LogP contribution is -2.37. The summed E-state index contributed by atoms with van der Waals surface area (Å²) < 4.78 is 0. The summed E-state index contributed by atoms with van der Waals surface area (Å²) in [6, 6.07) is 0. The van der Waals surface area contributed by atoms with E-state index in [9.17, 15) is 4.79 Å². The highest BCUT2D eigenvalue weighted by atomic mass is 16.2. The van der Waals surface area contributed by atoms with Gasteiger partial charge in [-0.05, 0) is 39.3 Å². The fraction of sp³-hybridized carbons (Fsp3) is 0.929. The van der Waals surface area contributed by atoms with Gasteiger partial charge < -0.3 is 9.80 Å². The summed E-state index contributed by atoms with van der Waals surface area (Å²) in [5.74, 6) is 1.06. The Bertz CT molecular complexity index is 204. The van der Waals surface area contributed by atoms with Crippen LogP contribution in [0.2, 0.25) is 0 Å². The first kappa shape index (κ1) is 16.4. The van der Waals surface area contributed by atoms with E-state index in [0.717, 1.165) is 32.1 Å². The maximum Gasteiger partial charge on any atom is 0.222 e. The predicted octanol–water partition coefficient (Wildman–Crippen LogP) is 2.61. The smallest absolute Gasteiger partial charge is 0.222 e. The number of rotatable bonds is 9. The molecule has 0 aromatic carbocycles. The number of nitrogens with zero attached hydrogens (tertiary/aromatic N) is 2. The molecule has 0 saturated heterocycles. The Balaban J connectivity index is 3.73. The number of hydrogen-bond donors (Lipinski definition) is 0. The van der Waals surface area contributed by atoms with Crippen LogP contribution in [0.3, 0.4) is 0 Å². The summed E-state index contributed by atoms with van der Waals surface area (Å²) in [5, 5.41) is 0. The molecule has 0 saturated carbocycles. The topological polar surface area (TPSA) is 23.6 Å². The van der Waals surface area contributed by atoms with Crippen molar-refractivity contribution >= 4 is 5.91 Å². The van der Waals surface area contributed by atoms with Crippen molar-refractivity contribution in [1.29, 1.82) is 0 Å². The first-order chi connectivity index (χ1) is 8.01. The van der Waals surface area contributed by atoms with Gasteiger partial charge in [-0.1, -0.05) is 20.8 Å². The molecule has 0 aliphatic heterocycles. The van der Waals surface area contributed by atoms with Gasteiger partial charge in [0.2, 0.25) is 5.91 Å². The SMILES string of the molecule is CCC(=O)N(CC)CCN(C)CCCC(C)C. The van der Waals surface area contributed by atoms with Crippen molar-refractivity contribution in [2.45, 2.75) is 47.0 Å². The van der Waals surface area contributed by atoms with Gasteiger partial charge >= 0.3 is 0 Å². The molecule has 0 aromatic heterocycles. The molecule has 0 atom stereocenters. The number of likely N-dealkylation sites (N-methyl/N-ethyl adjacent to an activating group) is 2. The zero-order chi connectivity index (χ0) is 13.3. The molecule has 0 rings (SSSR count). The van der Waals surface area contributed by atoms with Crippen molar-refractivity contribution in [2.24, 2.45) is 5.92 Å². The summed E-state index contributed by atoms with van der Waals surface area (Å²) in [5.41, 5.74) is 0. The van der Waals surface area contributed by atoms with Gasteiger partial charge in [-0.2, -0.15) is 0 Å². The highest BCUT2D eigenvalue weighted by Crippen LogP contribution is 2.04. The second-order valence-corrected chi connectivity index (χ2v) is 5.17. The second kappa shape index (κ2) is 9.46. The van der Waals surface area contributed by atoms with Crippen LogP contribution < -0.4 is 0 Å². The van der Waals surface area contributed by atoms with E-state index in [2.05, 4.69) is 25.8 Å². The van der Waals surface area contributed by atoms with E-state index < -0.39 is 0 Å². The highest BCUT2D eigenvalue weighted by molar-refractivity contribution is 5.75. The third kappa shape index (κ3) is 8.19. The summed E-state index contributed by atoms with van der Waals surface area (Å²) in [6.07, 6.45) is 3.16. The van der Waals surface area contributed by atoms with Gasteiger partial charge in [0.15, 0.2) is 0 Å². The van der Waals surface area contributed by atoms with Crippen LogP contribution in [0.5, 0.6) is 0 Å². The zero-order valence-corrected chi connectivity index (χ0v) is 12.3. The summed E-state index contributed by atoms with van der Waals surface area (Å²) in [6.45, 7) is 12.3. The van der Waals surface area contributed by atoms with Crippen LogP contribution in [0, 0.1) is 5.92 Å². The summed E-state index contributed by atoms with van der Waals surface area (Å²) >= 11 is 0. The molecule has 3 nitrogen and oxygen atoms in total. The van der Waals surface area contributed by atoms with Crippen LogP contribution in [0.4, 0.5) is 0 Å². The standard InChI is InChI=1S/C14H30N2O/c1-6-14(17)16(7-2)12-11-15(5)10-8-9-13(3)4/h13H,6-12H2,1-5H3. The average molecular weight is 242 g/mol. The monoisotopic (exact) mass is 242 g/mol. The summed E-state index contributed by atoms with van der Waals surface area (Å²) in [7, 11) is 2.14. The minimum atomic E-state index is 0.267. The van der Waals surface area contributed by atoms with Crippen LogP contribution in [0.1, 0.15) is 47.0 Å². The lowest BCUT2D eigenvalue weighted by Gasteiger charge is -2.24. The minimum Gasteiger partial charge on any atom is -0.342 e. The molecule has 0 aliphatic rings. The van der Waals surface area contributed by atoms with E-state index in [0.29, 0.717) is 6.42 Å². The van der Waals surface area contributed by atoms with E-state index in [-0.39, 0.29) is 5.91 Å². The lowest BCUT2D eigenvalue weighted by atomic mass is 10.1. The van der Waals surface area contributed by atoms with Crippen LogP contribution in [0.15, 0.2) is 0 Å². The third-order valence-electron chi connectivity index (χ3n) is 3.11. The van der Waals surface area contributed by atoms with Gasteiger partial charge in [0.1, 0.15) is 0 Å². The molecule has 0 N–H and O–H groups in total. The lowest BCUT2D eigenvalue weighted by molar-refractivity contribution is -0.130. The molecule has 0 heterocycles. The number of amides is 1. The maximum absolute atomic E-state index is 11.6. The number of hydrogen-bond acceptors (Lipinski definition) is 2. The molecule has 3 heteroatoms. The highest BCUT2D eigenvalue weighted by Gasteiger charge is 2.09. The molecule has 0 spiro atoms. The van der Waals surface area contributed by atoms with Crippen molar-refractivity contribution in [3.8, 4) is 0 Å². The fourth-order valence-corrected chi connectivity index (χ4v) is 1.86. The van der Waals surface area contributed by atoms with Crippen LogP contribution in [0.25, 0.3) is 0 Å². The quantitative estimate of drug-likeness (QED) is 0.620. The van der Waals surface area contributed by atoms with E-state index in [1.165, 1.54) is 12.8 Å². The van der Waals surface area contributed by atoms with Gasteiger partial charge in [0.05, 0.1) is 0 Å². The number of carbonyl (C=O) groups is 1. The van der Waals surface area contributed by atoms with Gasteiger partial charge in [-0.3, -0.25) is 4.79 Å². The van der Waals surface area contributed by atoms with E-state index >= 15 is 0 Å². The van der Waals surface area contributed by atoms with E-state index in [4.69, 9.17) is 0 Å². The second-order valence-electron chi connectivity index (χ2n) is 5.17. The molecule has 0 aliphatic carbocycles. The molecule has 1 amide bonds. The van der Waals surface area contributed by atoms with Crippen LogP contribution >= 0.6 is 0 Å². The predicted molar refractivity (Wildman–Crippen MR) is 74.1 cm³/mol. The maximum atomic E-state index is 11.6. The fourth-order valence-electron chi connectivity index (χ4n) is 1.86. The van der Waals surface area contributed by atoms with Crippen molar-refractivity contribution < 1.29 is 4.79 Å². The summed E-state index contributed by atoms with van der Waals surface area (Å²) in [4.78, 5) is 15.8. The van der Waals surface area contributed by atoms with Gasteiger partial charge in [-0.25, -0.2) is 0 Å². The Hall–Kier alpha value is -0.570. The zero-order valence-electron chi connectivity index (χ0n) is 12.3. The van der Waals surface area contributed by atoms with Gasteiger partial charge in [0, 0.05) is 26.1 Å². The molecular formula is C14H30N2O. The molecule has 0 radical (unpaired) electrons. The molecule has 17 heavy (non-hydrogen) atoms. The Morgan fingerprint density at radius 2 is 1.76 bits per heavy atom. The molecule has 0 bridgehead atoms.